The van der Waals surface area contributed by atoms with Crippen LogP contribution in [0, 0.1) is 11.3 Å². The third-order valence-corrected chi connectivity index (χ3v) is 4.13. The highest BCUT2D eigenvalue weighted by molar-refractivity contribution is 5.80. The topological polar surface area (TPSA) is 60.9 Å². The average Bonchev–Trinajstić information content (AvgIpc) is 2.81. The molecule has 21 heavy (non-hydrogen) atoms. The molecule has 1 rings (SSSR count). The van der Waals surface area contributed by atoms with Crippen LogP contribution in [0.25, 0.3) is 0 Å². The van der Waals surface area contributed by atoms with Crippen LogP contribution in [-0.2, 0) is 17.8 Å². The van der Waals surface area contributed by atoms with Crippen LogP contribution in [0.15, 0.2) is 12.4 Å². The predicted molar refractivity (Wildman–Crippen MR) is 87.1 cm³/mol. The van der Waals surface area contributed by atoms with Gasteiger partial charge < -0.3 is 10.3 Å². The van der Waals surface area contributed by atoms with Crippen LogP contribution in [0.2, 0.25) is 0 Å². The second-order valence-corrected chi connectivity index (χ2v) is 6.93. The number of carbonyl (C=O) groups excluding carboxylic acids is 1. The number of hydrogen-bond acceptors (Lipinski definition) is 3. The summed E-state index contributed by atoms with van der Waals surface area (Å²) < 4.78 is 2.08. The Labute approximate surface area is 129 Å². The Bertz CT molecular complexity index is 431. The van der Waals surface area contributed by atoms with Gasteiger partial charge in [-0.25, -0.2) is 4.98 Å². The molecule has 0 saturated heterocycles. The van der Waals surface area contributed by atoms with Gasteiger partial charge in [-0.15, -0.1) is 0 Å². The molecule has 4 nitrogen and oxygen atoms in total. The molecule has 1 atom stereocenters. The van der Waals surface area contributed by atoms with Gasteiger partial charge in [0.05, 0.1) is 6.42 Å². The van der Waals surface area contributed by atoms with Crippen LogP contribution in [0.5, 0.6) is 0 Å². The van der Waals surface area contributed by atoms with E-state index in [-0.39, 0.29) is 11.2 Å². The Hall–Kier alpha value is -1.16. The molecule has 0 saturated carbocycles. The standard InChI is InChI=1S/C17H31N3O/c1-5-11-20-12-10-19-16(20)13-15(21)7-6-14(8-9-18)17(2,3)4/h10,12,14H,5-9,11,13,18H2,1-4H3. The lowest BCUT2D eigenvalue weighted by Crippen LogP contribution is -2.24. The first-order chi connectivity index (χ1) is 9.88. The largest absolute Gasteiger partial charge is 0.335 e. The van der Waals surface area contributed by atoms with Gasteiger partial charge in [0.1, 0.15) is 11.6 Å². The van der Waals surface area contributed by atoms with E-state index in [1.165, 1.54) is 0 Å². The molecule has 0 fully saturated rings. The Morgan fingerprint density at radius 3 is 2.67 bits per heavy atom. The highest BCUT2D eigenvalue weighted by Crippen LogP contribution is 2.32. The number of carbonyl (C=O) groups is 1. The molecule has 0 aliphatic rings. The number of aromatic nitrogens is 2. The minimum atomic E-state index is 0.209. The minimum absolute atomic E-state index is 0.209. The van der Waals surface area contributed by atoms with Crippen LogP contribution in [-0.4, -0.2) is 21.9 Å². The van der Waals surface area contributed by atoms with Crippen LogP contribution in [0.3, 0.4) is 0 Å². The zero-order valence-electron chi connectivity index (χ0n) is 14.1. The maximum atomic E-state index is 12.2. The van der Waals surface area contributed by atoms with Gasteiger partial charge in [-0.2, -0.15) is 0 Å². The summed E-state index contributed by atoms with van der Waals surface area (Å²) in [6.07, 6.45) is 7.78. The lowest BCUT2D eigenvalue weighted by molar-refractivity contribution is -0.119. The molecular formula is C17H31N3O. The van der Waals surface area contributed by atoms with Crippen molar-refractivity contribution >= 4 is 5.78 Å². The number of ketones is 1. The number of aryl methyl sites for hydroxylation is 1. The van der Waals surface area contributed by atoms with E-state index in [4.69, 9.17) is 5.73 Å². The number of rotatable bonds is 9. The van der Waals surface area contributed by atoms with Crippen molar-refractivity contribution in [3.63, 3.8) is 0 Å². The molecule has 0 radical (unpaired) electrons. The molecule has 1 aromatic rings. The fraction of sp³-hybridized carbons (Fsp3) is 0.765. The van der Waals surface area contributed by atoms with Gasteiger partial charge in [0, 0.05) is 25.4 Å². The minimum Gasteiger partial charge on any atom is -0.335 e. The van der Waals surface area contributed by atoms with Crippen LogP contribution in [0.4, 0.5) is 0 Å². The lowest BCUT2D eigenvalue weighted by Gasteiger charge is -2.30. The molecule has 1 unspecified atom stereocenters. The van der Waals surface area contributed by atoms with Crippen molar-refractivity contribution in [1.82, 2.24) is 9.55 Å². The van der Waals surface area contributed by atoms with Gasteiger partial charge in [-0.3, -0.25) is 4.79 Å². The van der Waals surface area contributed by atoms with Crippen LogP contribution in [0.1, 0.15) is 59.2 Å². The van der Waals surface area contributed by atoms with E-state index in [2.05, 4.69) is 37.2 Å². The summed E-state index contributed by atoms with van der Waals surface area (Å²) >= 11 is 0. The number of imidazole rings is 1. The summed E-state index contributed by atoms with van der Waals surface area (Å²) in [6, 6.07) is 0. The summed E-state index contributed by atoms with van der Waals surface area (Å²) in [5.41, 5.74) is 5.91. The van der Waals surface area contributed by atoms with Gasteiger partial charge in [0.25, 0.3) is 0 Å². The molecule has 120 valence electrons. The van der Waals surface area contributed by atoms with Gasteiger partial charge in [-0.1, -0.05) is 27.7 Å². The summed E-state index contributed by atoms with van der Waals surface area (Å²) in [4.78, 5) is 16.5. The summed E-state index contributed by atoms with van der Waals surface area (Å²) in [5, 5.41) is 0. The molecule has 0 amide bonds. The Morgan fingerprint density at radius 1 is 1.38 bits per heavy atom. The van der Waals surface area contributed by atoms with E-state index in [1.807, 2.05) is 6.20 Å². The predicted octanol–water partition coefficient (Wildman–Crippen LogP) is 3.20. The highest BCUT2D eigenvalue weighted by Gasteiger charge is 2.24. The van der Waals surface area contributed by atoms with E-state index in [1.54, 1.807) is 6.20 Å². The molecule has 2 N–H and O–H groups in total. The third kappa shape index (κ3) is 6.00. The normalized spacial score (nSPS) is 13.4. The summed E-state index contributed by atoms with van der Waals surface area (Å²) in [5.74, 6) is 1.68. The van der Waals surface area contributed by atoms with E-state index < -0.39 is 0 Å². The third-order valence-electron chi connectivity index (χ3n) is 4.13. The van der Waals surface area contributed by atoms with E-state index in [0.29, 0.717) is 25.3 Å². The Balaban J connectivity index is 2.51. The maximum Gasteiger partial charge on any atom is 0.140 e. The molecule has 1 aromatic heterocycles. The number of nitrogens with two attached hydrogens (primary N) is 1. The van der Waals surface area contributed by atoms with Gasteiger partial charge in [0.15, 0.2) is 0 Å². The summed E-state index contributed by atoms with van der Waals surface area (Å²) in [7, 11) is 0. The number of nitrogens with zero attached hydrogens (tertiary/aromatic N) is 2. The highest BCUT2D eigenvalue weighted by atomic mass is 16.1. The van der Waals surface area contributed by atoms with Crippen LogP contribution >= 0.6 is 0 Å². The van der Waals surface area contributed by atoms with Crippen molar-refractivity contribution in [3.8, 4) is 0 Å². The molecule has 0 aliphatic heterocycles. The van der Waals surface area contributed by atoms with Gasteiger partial charge >= 0.3 is 0 Å². The quantitative estimate of drug-likeness (QED) is 0.760. The second-order valence-electron chi connectivity index (χ2n) is 6.93. The van der Waals surface area contributed by atoms with Crippen molar-refractivity contribution in [3.05, 3.63) is 18.2 Å². The maximum absolute atomic E-state index is 12.2. The van der Waals surface area contributed by atoms with Crippen molar-refractivity contribution in [2.45, 2.75) is 66.3 Å². The van der Waals surface area contributed by atoms with Crippen molar-refractivity contribution in [1.29, 1.82) is 0 Å². The van der Waals surface area contributed by atoms with Crippen molar-refractivity contribution in [2.24, 2.45) is 17.1 Å². The molecule has 0 spiro atoms. The molecule has 1 heterocycles. The van der Waals surface area contributed by atoms with Gasteiger partial charge in [0.2, 0.25) is 0 Å². The van der Waals surface area contributed by atoms with Crippen molar-refractivity contribution in [2.75, 3.05) is 6.54 Å². The second kappa shape index (κ2) is 8.32. The van der Waals surface area contributed by atoms with Crippen molar-refractivity contribution < 1.29 is 4.79 Å². The van der Waals surface area contributed by atoms with E-state index in [0.717, 1.165) is 31.6 Å². The molecule has 4 heteroatoms. The first kappa shape index (κ1) is 17.9. The molecular weight excluding hydrogens is 262 g/mol. The Morgan fingerprint density at radius 2 is 2.10 bits per heavy atom. The van der Waals surface area contributed by atoms with E-state index >= 15 is 0 Å². The van der Waals surface area contributed by atoms with Gasteiger partial charge in [-0.05, 0) is 37.1 Å². The smallest absolute Gasteiger partial charge is 0.140 e. The first-order valence-electron chi connectivity index (χ1n) is 8.10. The molecule has 0 aromatic carbocycles. The fourth-order valence-electron chi connectivity index (χ4n) is 2.76. The molecule has 0 aliphatic carbocycles. The number of hydrogen-bond donors (Lipinski definition) is 1. The van der Waals surface area contributed by atoms with E-state index in [9.17, 15) is 4.79 Å². The average molecular weight is 293 g/mol. The monoisotopic (exact) mass is 293 g/mol. The zero-order valence-corrected chi connectivity index (χ0v) is 14.1. The molecule has 0 bridgehead atoms. The zero-order chi connectivity index (χ0) is 15.9. The SMILES string of the molecule is CCCn1ccnc1CC(=O)CCC(CCN)C(C)(C)C. The fourth-order valence-corrected chi connectivity index (χ4v) is 2.76. The lowest BCUT2D eigenvalue weighted by atomic mass is 9.76. The Kier molecular flexibility index (Phi) is 7.09. The first-order valence-corrected chi connectivity index (χ1v) is 8.10. The summed E-state index contributed by atoms with van der Waals surface area (Å²) in [6.45, 7) is 10.4. The number of Topliss-reactive ketones (excluding diaryl/α,β-unsaturated/α-hetero) is 1. The van der Waals surface area contributed by atoms with Crippen LogP contribution < -0.4 is 5.73 Å².